The molecule has 3 heteroatoms. The zero-order chi connectivity index (χ0) is 21.8. The lowest BCUT2D eigenvalue weighted by atomic mass is 10.1. The van der Waals surface area contributed by atoms with E-state index in [1.54, 1.807) is 0 Å². The number of hydrogen-bond acceptors (Lipinski definition) is 2. The number of allylic oxidation sites excluding steroid dienone is 2. The molecule has 0 aliphatic carbocycles. The fraction of sp³-hybridized carbons (Fsp3) is 0.885. The molecule has 0 unspecified atom stereocenters. The average molecular weight is 411 g/mol. The molecule has 0 aromatic carbocycles. The number of nitrogens with two attached hydrogens (primary N) is 2. The highest BCUT2D eigenvalue weighted by molar-refractivity contribution is 5.73. The molecule has 174 valence electrons. The molecule has 0 fully saturated rings. The minimum atomic E-state index is -0.164. The van der Waals surface area contributed by atoms with Gasteiger partial charge in [-0.05, 0) is 45.1 Å². The summed E-state index contributed by atoms with van der Waals surface area (Å²) >= 11 is 0. The first-order valence-electron chi connectivity index (χ1n) is 12.8. The highest BCUT2D eigenvalue weighted by Gasteiger charge is 1.94. The second-order valence-corrected chi connectivity index (χ2v) is 8.36. The molecule has 0 aromatic rings. The van der Waals surface area contributed by atoms with Crippen LogP contribution in [0.5, 0.6) is 0 Å². The van der Waals surface area contributed by atoms with Crippen LogP contribution in [0.2, 0.25) is 0 Å². The highest BCUT2D eigenvalue weighted by Crippen LogP contribution is 2.09. The molecule has 0 aliphatic rings. The predicted molar refractivity (Wildman–Crippen MR) is 131 cm³/mol. The minimum Gasteiger partial charge on any atom is -0.370 e. The van der Waals surface area contributed by atoms with Crippen molar-refractivity contribution in [3.63, 3.8) is 0 Å². The van der Waals surface area contributed by atoms with Gasteiger partial charge in [-0.2, -0.15) is 0 Å². The summed E-state index contributed by atoms with van der Waals surface area (Å²) < 4.78 is 0. The topological polar surface area (TPSA) is 69.1 Å². The van der Waals surface area contributed by atoms with Gasteiger partial charge in [0.15, 0.2) is 0 Å². The largest absolute Gasteiger partial charge is 0.370 e. The number of amides is 1. The van der Waals surface area contributed by atoms with Gasteiger partial charge in [-0.15, -0.1) is 0 Å². The lowest BCUT2D eigenvalue weighted by Crippen LogP contribution is -2.09. The number of rotatable bonds is 21. The van der Waals surface area contributed by atoms with Gasteiger partial charge in [-0.1, -0.05) is 109 Å². The molecule has 0 aromatic heterocycles. The Morgan fingerprint density at radius 1 is 0.586 bits per heavy atom. The summed E-state index contributed by atoms with van der Waals surface area (Å²) in [5, 5.41) is 0. The molecule has 0 radical (unpaired) electrons. The molecule has 0 aliphatic heterocycles. The van der Waals surface area contributed by atoms with Gasteiger partial charge in [0.1, 0.15) is 0 Å². The van der Waals surface area contributed by atoms with Crippen LogP contribution in [0, 0.1) is 0 Å². The van der Waals surface area contributed by atoms with Crippen LogP contribution in [0.15, 0.2) is 12.2 Å². The maximum absolute atomic E-state index is 10.5. The van der Waals surface area contributed by atoms with Crippen molar-refractivity contribution >= 4 is 5.91 Å². The fourth-order valence-electron chi connectivity index (χ4n) is 3.29. The highest BCUT2D eigenvalue weighted by atomic mass is 16.1. The minimum absolute atomic E-state index is 0.164. The zero-order valence-corrected chi connectivity index (χ0v) is 20.1. The van der Waals surface area contributed by atoms with E-state index >= 15 is 0 Å². The van der Waals surface area contributed by atoms with E-state index in [9.17, 15) is 4.79 Å². The van der Waals surface area contributed by atoms with E-state index in [4.69, 9.17) is 11.5 Å². The average Bonchev–Trinajstić information content (AvgIpc) is 2.71. The van der Waals surface area contributed by atoms with Crippen LogP contribution in [0.4, 0.5) is 0 Å². The third-order valence-corrected chi connectivity index (χ3v) is 5.24. The summed E-state index contributed by atoms with van der Waals surface area (Å²) in [5.41, 5.74) is 10.4. The quantitative estimate of drug-likeness (QED) is 0.149. The van der Waals surface area contributed by atoms with E-state index in [2.05, 4.69) is 26.0 Å². The van der Waals surface area contributed by atoms with Crippen molar-refractivity contribution in [2.45, 2.75) is 142 Å². The van der Waals surface area contributed by atoms with Crippen molar-refractivity contribution in [2.75, 3.05) is 6.54 Å². The van der Waals surface area contributed by atoms with Crippen molar-refractivity contribution < 1.29 is 4.79 Å². The van der Waals surface area contributed by atoms with Crippen LogP contribution in [0.3, 0.4) is 0 Å². The van der Waals surface area contributed by atoms with Gasteiger partial charge in [0, 0.05) is 6.42 Å². The molecule has 0 saturated heterocycles. The summed E-state index contributed by atoms with van der Waals surface area (Å²) in [4.78, 5) is 10.5. The first-order chi connectivity index (χ1) is 14.2. The monoisotopic (exact) mass is 410 g/mol. The maximum atomic E-state index is 10.5. The summed E-state index contributed by atoms with van der Waals surface area (Å²) in [6.07, 6.45) is 30.0. The summed E-state index contributed by atoms with van der Waals surface area (Å²) in [6.45, 7) is 5.37. The number of carbonyl (C=O) groups excluding carboxylic acids is 1. The van der Waals surface area contributed by atoms with Gasteiger partial charge in [0.25, 0.3) is 0 Å². The van der Waals surface area contributed by atoms with Crippen molar-refractivity contribution in [2.24, 2.45) is 11.5 Å². The van der Waals surface area contributed by atoms with Crippen LogP contribution in [-0.4, -0.2) is 12.5 Å². The van der Waals surface area contributed by atoms with Crippen LogP contribution < -0.4 is 11.5 Å². The van der Waals surface area contributed by atoms with Crippen molar-refractivity contribution in [1.29, 1.82) is 0 Å². The molecule has 0 saturated carbocycles. The van der Waals surface area contributed by atoms with Crippen LogP contribution >= 0.6 is 0 Å². The second kappa shape index (κ2) is 29.4. The molecule has 0 rings (SSSR count). The molecule has 0 atom stereocenters. The summed E-state index contributed by atoms with van der Waals surface area (Å²) in [7, 11) is 0. The van der Waals surface area contributed by atoms with Gasteiger partial charge < -0.3 is 11.5 Å². The third-order valence-electron chi connectivity index (χ3n) is 5.24. The second-order valence-electron chi connectivity index (χ2n) is 8.36. The normalized spacial score (nSPS) is 10.9. The predicted octanol–water partition coefficient (Wildman–Crippen LogP) is 7.81. The lowest BCUT2D eigenvalue weighted by molar-refractivity contribution is -0.118. The number of carbonyl (C=O) groups is 1. The van der Waals surface area contributed by atoms with Crippen molar-refractivity contribution in [3.8, 4) is 0 Å². The molecular formula is C26H54N2O. The van der Waals surface area contributed by atoms with E-state index in [1.807, 2.05) is 0 Å². The molecule has 4 N–H and O–H groups in total. The van der Waals surface area contributed by atoms with E-state index in [-0.39, 0.29) is 5.91 Å². The van der Waals surface area contributed by atoms with E-state index in [0.717, 1.165) is 19.4 Å². The smallest absolute Gasteiger partial charge is 0.217 e. The Bertz CT molecular complexity index is 323. The van der Waals surface area contributed by atoms with E-state index in [0.29, 0.717) is 6.42 Å². The molecule has 0 heterocycles. The maximum Gasteiger partial charge on any atom is 0.217 e. The molecule has 29 heavy (non-hydrogen) atoms. The van der Waals surface area contributed by atoms with E-state index < -0.39 is 0 Å². The van der Waals surface area contributed by atoms with Crippen LogP contribution in [0.25, 0.3) is 0 Å². The Kier molecular flexibility index (Phi) is 30.8. The molecule has 3 nitrogen and oxygen atoms in total. The number of unbranched alkanes of at least 4 members (excludes halogenated alkanes) is 16. The van der Waals surface area contributed by atoms with Gasteiger partial charge in [-0.25, -0.2) is 0 Å². The molecular weight excluding hydrogens is 356 g/mol. The van der Waals surface area contributed by atoms with E-state index in [1.165, 1.54) is 109 Å². The van der Waals surface area contributed by atoms with Crippen LogP contribution in [0.1, 0.15) is 142 Å². The van der Waals surface area contributed by atoms with Gasteiger partial charge in [0.05, 0.1) is 0 Å². The lowest BCUT2D eigenvalue weighted by Gasteiger charge is -1.99. The third kappa shape index (κ3) is 35.0. The SMILES string of the molecule is CCCCCCCC/C=C\CCCCCCCC(N)=O.CCCCCCCCN. The Hall–Kier alpha value is -0.830. The zero-order valence-electron chi connectivity index (χ0n) is 20.1. The fourth-order valence-corrected chi connectivity index (χ4v) is 3.29. The molecule has 1 amide bonds. The van der Waals surface area contributed by atoms with Gasteiger partial charge in [0.2, 0.25) is 5.91 Å². The summed E-state index contributed by atoms with van der Waals surface area (Å²) in [5.74, 6) is -0.164. The van der Waals surface area contributed by atoms with Crippen molar-refractivity contribution in [1.82, 2.24) is 0 Å². The van der Waals surface area contributed by atoms with Gasteiger partial charge >= 0.3 is 0 Å². The number of primary amides is 1. The summed E-state index contributed by atoms with van der Waals surface area (Å²) in [6, 6.07) is 0. The number of hydrogen-bond donors (Lipinski definition) is 2. The first kappa shape index (κ1) is 30.4. The Morgan fingerprint density at radius 3 is 1.38 bits per heavy atom. The van der Waals surface area contributed by atoms with Gasteiger partial charge in [-0.3, -0.25) is 4.79 Å². The first-order valence-corrected chi connectivity index (χ1v) is 12.8. The Labute approximate surface area is 183 Å². The van der Waals surface area contributed by atoms with Crippen molar-refractivity contribution in [3.05, 3.63) is 12.2 Å². The molecule has 0 spiro atoms. The standard InChI is InChI=1S/C18H35NO.C8H19N/c1-2-3-4-5-6-7-8-9-10-11-12-13-14-15-16-17-18(19)20;1-2-3-4-5-6-7-8-9/h9-10H,2-8,11-17H2,1H3,(H2,19,20);2-9H2,1H3/b10-9-;. The Balaban J connectivity index is 0. The molecule has 0 bridgehead atoms. The van der Waals surface area contributed by atoms with Crippen LogP contribution in [-0.2, 0) is 4.79 Å². The Morgan fingerprint density at radius 2 is 0.966 bits per heavy atom.